The van der Waals surface area contributed by atoms with Crippen molar-refractivity contribution in [3.8, 4) is 5.75 Å². The largest absolute Gasteiger partial charge is 0.489 e. The number of hydrogen-bond donors (Lipinski definition) is 1. The lowest BCUT2D eigenvalue weighted by Gasteiger charge is -2.18. The zero-order chi connectivity index (χ0) is 21.8. The summed E-state index contributed by atoms with van der Waals surface area (Å²) < 4.78 is 5.92. The van der Waals surface area contributed by atoms with E-state index in [0.29, 0.717) is 28.7 Å². The van der Waals surface area contributed by atoms with Gasteiger partial charge in [0.1, 0.15) is 12.4 Å². The summed E-state index contributed by atoms with van der Waals surface area (Å²) in [6.07, 6.45) is 1.22. The zero-order valence-electron chi connectivity index (χ0n) is 17.2. The SMILES string of the molecule is CC1Cc2ccccc2C1c1ccc(OCc2ccccc2/C(=N\O)C(=O)C=O)cc1. The summed E-state index contributed by atoms with van der Waals surface area (Å²) >= 11 is 0. The smallest absolute Gasteiger partial charge is 0.247 e. The van der Waals surface area contributed by atoms with E-state index in [1.54, 1.807) is 24.3 Å². The summed E-state index contributed by atoms with van der Waals surface area (Å²) in [5.41, 5.74) is 4.80. The number of rotatable bonds is 7. The fourth-order valence-corrected chi connectivity index (χ4v) is 4.40. The lowest BCUT2D eigenvalue weighted by Crippen LogP contribution is -2.19. The van der Waals surface area contributed by atoms with Crippen LogP contribution in [-0.4, -0.2) is 23.0 Å². The second-order valence-electron chi connectivity index (χ2n) is 7.80. The number of hydrogen-bond acceptors (Lipinski definition) is 5. The second kappa shape index (κ2) is 8.96. The van der Waals surface area contributed by atoms with Crippen molar-refractivity contribution in [2.75, 3.05) is 0 Å². The Bertz CT molecular complexity index is 1130. The molecule has 1 N–H and O–H groups in total. The third kappa shape index (κ3) is 4.12. The minimum Gasteiger partial charge on any atom is -0.489 e. The number of Topliss-reactive ketones (excluding diaryl/α,β-unsaturated/α-hetero) is 1. The van der Waals surface area contributed by atoms with Crippen LogP contribution in [0, 0.1) is 5.92 Å². The molecular weight excluding hydrogens is 390 g/mol. The molecule has 31 heavy (non-hydrogen) atoms. The molecule has 0 bridgehead atoms. The van der Waals surface area contributed by atoms with Crippen molar-refractivity contribution in [3.05, 3.63) is 101 Å². The molecule has 0 radical (unpaired) electrons. The van der Waals surface area contributed by atoms with Gasteiger partial charge in [-0.15, -0.1) is 0 Å². The Morgan fingerprint density at radius 3 is 2.52 bits per heavy atom. The molecular formula is C26H23NO4. The summed E-state index contributed by atoms with van der Waals surface area (Å²) in [4.78, 5) is 22.6. The van der Waals surface area contributed by atoms with Gasteiger partial charge in [0, 0.05) is 11.5 Å². The van der Waals surface area contributed by atoms with Crippen LogP contribution >= 0.6 is 0 Å². The third-order valence-corrected chi connectivity index (χ3v) is 5.85. The van der Waals surface area contributed by atoms with Gasteiger partial charge in [0.15, 0.2) is 12.0 Å². The molecule has 0 heterocycles. The molecule has 5 heteroatoms. The maximum absolute atomic E-state index is 11.7. The molecule has 0 aliphatic heterocycles. The van der Waals surface area contributed by atoms with Crippen molar-refractivity contribution in [1.82, 2.24) is 0 Å². The average molecular weight is 413 g/mol. The van der Waals surface area contributed by atoms with Crippen molar-refractivity contribution in [2.45, 2.75) is 25.9 Å². The summed E-state index contributed by atoms with van der Waals surface area (Å²) in [5.74, 6) is 0.734. The first-order chi connectivity index (χ1) is 15.1. The van der Waals surface area contributed by atoms with Crippen LogP contribution in [0.5, 0.6) is 5.75 Å². The molecule has 3 aromatic rings. The molecule has 156 valence electrons. The lowest BCUT2D eigenvalue weighted by atomic mass is 9.87. The maximum Gasteiger partial charge on any atom is 0.247 e. The number of ether oxygens (including phenoxy) is 1. The number of aldehydes is 1. The van der Waals surface area contributed by atoms with Crippen LogP contribution in [0.4, 0.5) is 0 Å². The standard InChI is InChI=1S/C26H23NO4/c1-17-14-19-6-2-4-8-22(19)25(17)18-10-12-21(13-11-18)31-16-20-7-3-5-9-23(20)26(27-30)24(29)15-28/h2-13,15,17,25,30H,14,16H2,1H3/b27-26+. The highest BCUT2D eigenvalue weighted by molar-refractivity contribution is 6.63. The van der Waals surface area contributed by atoms with Gasteiger partial charge in [-0.05, 0) is 46.7 Å². The first-order valence-electron chi connectivity index (χ1n) is 10.2. The number of carbonyl (C=O) groups excluding carboxylic acids is 2. The van der Waals surface area contributed by atoms with Crippen LogP contribution in [0.2, 0.25) is 0 Å². The first-order valence-corrected chi connectivity index (χ1v) is 10.2. The highest BCUT2D eigenvalue weighted by Crippen LogP contribution is 2.42. The Morgan fingerprint density at radius 1 is 1.06 bits per heavy atom. The van der Waals surface area contributed by atoms with Gasteiger partial charge in [0.05, 0.1) is 0 Å². The van der Waals surface area contributed by atoms with Gasteiger partial charge in [0.25, 0.3) is 0 Å². The summed E-state index contributed by atoms with van der Waals surface area (Å²) in [5, 5.41) is 12.2. The minimum absolute atomic E-state index is 0.133. The first kappa shape index (κ1) is 20.5. The fraction of sp³-hybridized carbons (Fsp3) is 0.192. The highest BCUT2D eigenvalue weighted by atomic mass is 16.5. The van der Waals surface area contributed by atoms with Crippen molar-refractivity contribution >= 4 is 17.8 Å². The summed E-state index contributed by atoms with van der Waals surface area (Å²) in [6, 6.07) is 23.6. The Balaban J connectivity index is 1.51. The van der Waals surface area contributed by atoms with Crippen LogP contribution in [0.3, 0.4) is 0 Å². The van der Waals surface area contributed by atoms with Gasteiger partial charge < -0.3 is 9.94 Å². The van der Waals surface area contributed by atoms with E-state index in [2.05, 4.69) is 48.5 Å². The minimum atomic E-state index is -0.884. The number of fused-ring (bicyclic) bond motifs is 1. The molecule has 3 aromatic carbocycles. The van der Waals surface area contributed by atoms with Gasteiger partial charge in [-0.3, -0.25) is 9.59 Å². The molecule has 0 aromatic heterocycles. The molecule has 1 aliphatic rings. The van der Waals surface area contributed by atoms with E-state index >= 15 is 0 Å². The predicted octanol–water partition coefficient (Wildman–Crippen LogP) is 4.54. The monoisotopic (exact) mass is 413 g/mol. The van der Waals surface area contributed by atoms with Gasteiger partial charge >= 0.3 is 0 Å². The van der Waals surface area contributed by atoms with E-state index in [1.165, 1.54) is 16.7 Å². The molecule has 4 rings (SSSR count). The fourth-order valence-electron chi connectivity index (χ4n) is 4.40. The van der Waals surface area contributed by atoms with Crippen molar-refractivity contribution < 1.29 is 19.5 Å². The van der Waals surface area contributed by atoms with E-state index in [1.807, 2.05) is 12.1 Å². The summed E-state index contributed by atoms with van der Waals surface area (Å²) in [6.45, 7) is 2.45. The van der Waals surface area contributed by atoms with Crippen LogP contribution < -0.4 is 4.74 Å². The number of benzene rings is 3. The predicted molar refractivity (Wildman–Crippen MR) is 118 cm³/mol. The van der Waals surface area contributed by atoms with E-state index in [4.69, 9.17) is 4.74 Å². The quantitative estimate of drug-likeness (QED) is 0.203. The molecule has 0 fully saturated rings. The molecule has 5 nitrogen and oxygen atoms in total. The molecule has 0 saturated heterocycles. The number of ketones is 1. The van der Waals surface area contributed by atoms with Crippen LogP contribution in [0.25, 0.3) is 0 Å². The number of carbonyl (C=O) groups is 2. The van der Waals surface area contributed by atoms with Gasteiger partial charge in [-0.25, -0.2) is 0 Å². The van der Waals surface area contributed by atoms with Crippen LogP contribution in [-0.2, 0) is 22.6 Å². The lowest BCUT2D eigenvalue weighted by molar-refractivity contribution is -0.125. The van der Waals surface area contributed by atoms with E-state index in [9.17, 15) is 14.8 Å². The highest BCUT2D eigenvalue weighted by Gasteiger charge is 2.30. The number of nitrogens with zero attached hydrogens (tertiary/aromatic N) is 1. The Labute approximate surface area is 181 Å². The molecule has 0 amide bonds. The zero-order valence-corrected chi connectivity index (χ0v) is 17.2. The van der Waals surface area contributed by atoms with Gasteiger partial charge in [-0.1, -0.05) is 72.7 Å². The van der Waals surface area contributed by atoms with E-state index in [-0.39, 0.29) is 18.6 Å². The van der Waals surface area contributed by atoms with E-state index < -0.39 is 5.78 Å². The molecule has 2 atom stereocenters. The maximum atomic E-state index is 11.7. The second-order valence-corrected chi connectivity index (χ2v) is 7.80. The Morgan fingerprint density at radius 2 is 1.77 bits per heavy atom. The van der Waals surface area contributed by atoms with Gasteiger partial charge in [-0.2, -0.15) is 0 Å². The van der Waals surface area contributed by atoms with Gasteiger partial charge in [0.2, 0.25) is 5.78 Å². The molecule has 2 unspecified atom stereocenters. The van der Waals surface area contributed by atoms with E-state index in [0.717, 1.165) is 6.42 Å². The molecule has 0 spiro atoms. The van der Waals surface area contributed by atoms with Crippen LogP contribution in [0.1, 0.15) is 40.7 Å². The van der Waals surface area contributed by atoms with Crippen molar-refractivity contribution in [3.63, 3.8) is 0 Å². The Hall–Kier alpha value is -3.73. The topological polar surface area (TPSA) is 76.0 Å². The average Bonchev–Trinajstić information content (AvgIpc) is 3.14. The Kier molecular flexibility index (Phi) is 5.94. The van der Waals surface area contributed by atoms with Crippen molar-refractivity contribution in [1.29, 1.82) is 0 Å². The molecule has 0 saturated carbocycles. The molecule has 1 aliphatic carbocycles. The van der Waals surface area contributed by atoms with Crippen LogP contribution in [0.15, 0.2) is 78.0 Å². The normalized spacial score (nSPS) is 17.8. The third-order valence-electron chi connectivity index (χ3n) is 5.85. The summed E-state index contributed by atoms with van der Waals surface area (Å²) in [7, 11) is 0. The number of oxime groups is 1. The van der Waals surface area contributed by atoms with Crippen molar-refractivity contribution in [2.24, 2.45) is 11.1 Å².